The highest BCUT2D eigenvalue weighted by Gasteiger charge is 2.15. The van der Waals surface area contributed by atoms with Crippen LogP contribution in [-0.4, -0.2) is 17.0 Å². The number of halogens is 3. The summed E-state index contributed by atoms with van der Waals surface area (Å²) in [5.74, 6) is -0.523. The molecule has 4 nitrogen and oxygen atoms in total. The third kappa shape index (κ3) is 2.65. The van der Waals surface area contributed by atoms with Crippen LogP contribution in [-0.2, 0) is 0 Å². The molecule has 0 aliphatic rings. The second-order valence-electron chi connectivity index (χ2n) is 3.81. The van der Waals surface area contributed by atoms with Gasteiger partial charge in [0.15, 0.2) is 5.82 Å². The highest BCUT2D eigenvalue weighted by atomic mass is 79.9. The van der Waals surface area contributed by atoms with Crippen molar-refractivity contribution >= 4 is 33.3 Å². The van der Waals surface area contributed by atoms with Crippen molar-refractivity contribution in [2.24, 2.45) is 0 Å². The SMILES string of the molecule is CNc1ncnc(Nc2c(F)ccc(C)c2F)c1Br. The van der Waals surface area contributed by atoms with Gasteiger partial charge in [-0.1, -0.05) is 6.07 Å². The molecule has 0 aliphatic heterocycles. The van der Waals surface area contributed by atoms with E-state index in [1.807, 2.05) is 0 Å². The molecule has 100 valence electrons. The van der Waals surface area contributed by atoms with Crippen molar-refractivity contribution in [3.8, 4) is 0 Å². The summed E-state index contributed by atoms with van der Waals surface area (Å²) in [4.78, 5) is 7.92. The third-order valence-electron chi connectivity index (χ3n) is 2.55. The number of hydrogen-bond donors (Lipinski definition) is 2. The lowest BCUT2D eigenvalue weighted by atomic mass is 10.2. The summed E-state index contributed by atoms with van der Waals surface area (Å²) in [5.41, 5.74) is 0.115. The predicted molar refractivity (Wildman–Crippen MR) is 73.7 cm³/mol. The average Bonchev–Trinajstić information content (AvgIpc) is 2.41. The van der Waals surface area contributed by atoms with Crippen LogP contribution in [0.2, 0.25) is 0 Å². The van der Waals surface area contributed by atoms with Crippen LogP contribution in [0.1, 0.15) is 5.56 Å². The lowest BCUT2D eigenvalue weighted by molar-refractivity contribution is 0.584. The van der Waals surface area contributed by atoms with Gasteiger partial charge in [-0.05, 0) is 34.5 Å². The summed E-state index contributed by atoms with van der Waals surface area (Å²) in [6, 6.07) is 2.58. The standard InChI is InChI=1S/C12H11BrF2N4/c1-6-3-4-7(14)10(9(6)15)19-12-8(13)11(16-2)17-5-18-12/h3-5H,1-2H3,(H2,16,17,18,19). The molecule has 0 fully saturated rings. The molecule has 0 atom stereocenters. The van der Waals surface area contributed by atoms with E-state index in [1.54, 1.807) is 14.0 Å². The Kier molecular flexibility index (Phi) is 3.94. The first-order valence-corrected chi connectivity index (χ1v) is 6.23. The molecular weight excluding hydrogens is 318 g/mol. The summed E-state index contributed by atoms with van der Waals surface area (Å²) in [5, 5.41) is 5.47. The molecule has 1 aromatic heterocycles. The van der Waals surface area contributed by atoms with Crippen molar-refractivity contribution in [1.82, 2.24) is 9.97 Å². The Morgan fingerprint density at radius 3 is 2.53 bits per heavy atom. The van der Waals surface area contributed by atoms with E-state index in [1.165, 1.54) is 18.5 Å². The van der Waals surface area contributed by atoms with Crippen LogP contribution in [0.5, 0.6) is 0 Å². The minimum Gasteiger partial charge on any atom is -0.372 e. The van der Waals surface area contributed by atoms with Gasteiger partial charge in [-0.25, -0.2) is 18.7 Å². The van der Waals surface area contributed by atoms with E-state index in [0.29, 0.717) is 15.9 Å². The van der Waals surface area contributed by atoms with Gasteiger partial charge < -0.3 is 10.6 Å². The lowest BCUT2D eigenvalue weighted by Crippen LogP contribution is -2.04. The Hall–Kier alpha value is -1.76. The fourth-order valence-electron chi connectivity index (χ4n) is 1.52. The summed E-state index contributed by atoms with van der Waals surface area (Å²) in [7, 11) is 1.69. The maximum atomic E-state index is 13.9. The van der Waals surface area contributed by atoms with E-state index in [9.17, 15) is 8.78 Å². The van der Waals surface area contributed by atoms with Gasteiger partial charge in [-0.2, -0.15) is 0 Å². The maximum absolute atomic E-state index is 13.9. The number of aryl methyl sites for hydroxylation is 1. The average molecular weight is 329 g/mol. The normalized spacial score (nSPS) is 10.4. The molecule has 0 bridgehead atoms. The number of benzene rings is 1. The topological polar surface area (TPSA) is 49.8 Å². The molecule has 1 aromatic carbocycles. The van der Waals surface area contributed by atoms with Gasteiger partial charge >= 0.3 is 0 Å². The van der Waals surface area contributed by atoms with E-state index >= 15 is 0 Å². The Bertz CT molecular complexity index is 619. The molecular formula is C12H11BrF2N4. The molecule has 0 radical (unpaired) electrons. The molecule has 2 N–H and O–H groups in total. The zero-order valence-corrected chi connectivity index (χ0v) is 11.8. The van der Waals surface area contributed by atoms with E-state index in [-0.39, 0.29) is 11.5 Å². The van der Waals surface area contributed by atoms with Crippen molar-refractivity contribution in [3.05, 3.63) is 40.1 Å². The molecule has 19 heavy (non-hydrogen) atoms. The van der Waals surface area contributed by atoms with Crippen molar-refractivity contribution < 1.29 is 8.78 Å². The van der Waals surface area contributed by atoms with Crippen molar-refractivity contribution in [2.75, 3.05) is 17.7 Å². The number of rotatable bonds is 3. The minimum absolute atomic E-state index is 0.235. The number of anilines is 3. The van der Waals surface area contributed by atoms with Crippen LogP contribution in [0.3, 0.4) is 0 Å². The first-order chi connectivity index (χ1) is 9.04. The van der Waals surface area contributed by atoms with Gasteiger partial charge in [0.2, 0.25) is 0 Å². The number of nitrogens with one attached hydrogen (secondary N) is 2. The van der Waals surface area contributed by atoms with Gasteiger partial charge in [-0.3, -0.25) is 0 Å². The minimum atomic E-state index is -0.681. The molecule has 0 amide bonds. The molecule has 1 heterocycles. The fourth-order valence-corrected chi connectivity index (χ4v) is 2.02. The first kappa shape index (κ1) is 13.7. The van der Waals surface area contributed by atoms with Crippen molar-refractivity contribution in [1.29, 1.82) is 0 Å². The van der Waals surface area contributed by atoms with E-state index in [0.717, 1.165) is 0 Å². The number of nitrogens with zero attached hydrogens (tertiary/aromatic N) is 2. The molecule has 2 rings (SSSR count). The van der Waals surface area contributed by atoms with E-state index in [2.05, 4.69) is 36.5 Å². The Morgan fingerprint density at radius 1 is 1.16 bits per heavy atom. The first-order valence-electron chi connectivity index (χ1n) is 5.44. The highest BCUT2D eigenvalue weighted by Crippen LogP contribution is 2.31. The van der Waals surface area contributed by atoms with Crippen LogP contribution in [0.4, 0.5) is 26.1 Å². The molecule has 0 saturated carbocycles. The lowest BCUT2D eigenvalue weighted by Gasteiger charge is -2.12. The van der Waals surface area contributed by atoms with Gasteiger partial charge in [0.1, 0.15) is 33.9 Å². The van der Waals surface area contributed by atoms with Crippen molar-refractivity contribution in [3.63, 3.8) is 0 Å². The van der Waals surface area contributed by atoms with E-state index < -0.39 is 11.6 Å². The Morgan fingerprint density at radius 2 is 1.84 bits per heavy atom. The van der Waals surface area contributed by atoms with Crippen LogP contribution >= 0.6 is 15.9 Å². The zero-order chi connectivity index (χ0) is 14.0. The highest BCUT2D eigenvalue weighted by molar-refractivity contribution is 9.10. The summed E-state index contributed by atoms with van der Waals surface area (Å²) in [6.07, 6.45) is 1.30. The Labute approximate surface area is 117 Å². The van der Waals surface area contributed by atoms with Gasteiger partial charge in [0, 0.05) is 7.05 Å². The molecule has 2 aromatic rings. The zero-order valence-electron chi connectivity index (χ0n) is 10.3. The quantitative estimate of drug-likeness (QED) is 0.903. The van der Waals surface area contributed by atoms with Crippen molar-refractivity contribution in [2.45, 2.75) is 6.92 Å². The largest absolute Gasteiger partial charge is 0.372 e. The Balaban J connectivity index is 2.45. The fraction of sp³-hybridized carbons (Fsp3) is 0.167. The van der Waals surface area contributed by atoms with Crippen LogP contribution in [0, 0.1) is 18.6 Å². The number of aromatic nitrogens is 2. The predicted octanol–water partition coefficient (Wildman–Crippen LogP) is 3.61. The van der Waals surface area contributed by atoms with Crippen LogP contribution in [0.25, 0.3) is 0 Å². The monoisotopic (exact) mass is 328 g/mol. The van der Waals surface area contributed by atoms with Gasteiger partial charge in [0.25, 0.3) is 0 Å². The summed E-state index contributed by atoms with van der Waals surface area (Å²) in [6.45, 7) is 1.56. The molecule has 7 heteroatoms. The molecule has 0 spiro atoms. The second-order valence-corrected chi connectivity index (χ2v) is 4.61. The summed E-state index contributed by atoms with van der Waals surface area (Å²) >= 11 is 3.27. The van der Waals surface area contributed by atoms with Gasteiger partial charge in [0.05, 0.1) is 0 Å². The molecule has 0 unspecified atom stereocenters. The second kappa shape index (κ2) is 5.48. The smallest absolute Gasteiger partial charge is 0.152 e. The number of hydrogen-bond acceptors (Lipinski definition) is 4. The molecule has 0 aliphatic carbocycles. The van der Waals surface area contributed by atoms with Gasteiger partial charge in [-0.15, -0.1) is 0 Å². The van der Waals surface area contributed by atoms with Crippen LogP contribution < -0.4 is 10.6 Å². The van der Waals surface area contributed by atoms with E-state index in [4.69, 9.17) is 0 Å². The third-order valence-corrected chi connectivity index (χ3v) is 3.31. The summed E-state index contributed by atoms with van der Waals surface area (Å²) < 4.78 is 28.0. The molecule has 0 saturated heterocycles. The maximum Gasteiger partial charge on any atom is 0.152 e. The van der Waals surface area contributed by atoms with Crippen LogP contribution in [0.15, 0.2) is 22.9 Å².